The molecule has 0 spiro atoms. The first-order chi connectivity index (χ1) is 14.6. The van der Waals surface area contributed by atoms with E-state index in [0.717, 1.165) is 16.2 Å². The first kappa shape index (κ1) is 24.8. The summed E-state index contributed by atoms with van der Waals surface area (Å²) in [5.74, 6) is 1.23. The van der Waals surface area contributed by atoms with Crippen molar-refractivity contribution in [3.05, 3.63) is 59.7 Å². The lowest BCUT2D eigenvalue weighted by Crippen LogP contribution is -2.52. The summed E-state index contributed by atoms with van der Waals surface area (Å²) in [4.78, 5) is 28.7. The lowest BCUT2D eigenvalue weighted by molar-refractivity contribution is -0.140. The summed E-state index contributed by atoms with van der Waals surface area (Å²) in [6, 6.07) is 15.3. The molecule has 0 radical (unpaired) electrons. The highest BCUT2D eigenvalue weighted by Gasteiger charge is 2.28. The molecule has 0 saturated heterocycles. The molecule has 1 atom stereocenters. The highest BCUT2D eigenvalue weighted by atomic mass is 32.2. The molecule has 2 aromatic rings. The van der Waals surface area contributed by atoms with Crippen molar-refractivity contribution in [2.24, 2.45) is 0 Å². The molecule has 168 valence electrons. The van der Waals surface area contributed by atoms with Crippen molar-refractivity contribution in [2.45, 2.75) is 64.1 Å². The van der Waals surface area contributed by atoms with E-state index in [9.17, 15) is 9.59 Å². The van der Waals surface area contributed by atoms with Crippen LogP contribution in [0.25, 0.3) is 0 Å². The van der Waals surface area contributed by atoms with E-state index in [2.05, 4.69) is 36.5 Å². The van der Waals surface area contributed by atoms with Gasteiger partial charge in [0.15, 0.2) is 0 Å². The number of nitrogens with zero attached hydrogens (tertiary/aromatic N) is 1. The number of carbonyl (C=O) groups excluding carboxylic acids is 2. The number of hydrogen-bond donors (Lipinski definition) is 1. The molecule has 0 fully saturated rings. The van der Waals surface area contributed by atoms with Gasteiger partial charge in [0.25, 0.3) is 0 Å². The number of methoxy groups -OCH3 is 1. The van der Waals surface area contributed by atoms with E-state index in [1.165, 1.54) is 5.56 Å². The Kier molecular flexibility index (Phi) is 8.99. The van der Waals surface area contributed by atoms with Crippen molar-refractivity contribution in [1.29, 1.82) is 0 Å². The fourth-order valence-electron chi connectivity index (χ4n) is 3.02. The largest absolute Gasteiger partial charge is 0.497 e. The number of rotatable bonds is 9. The number of carbonyl (C=O) groups is 2. The predicted octanol–water partition coefficient (Wildman–Crippen LogP) is 4.82. The Morgan fingerprint density at radius 2 is 1.68 bits per heavy atom. The first-order valence-electron chi connectivity index (χ1n) is 10.5. The van der Waals surface area contributed by atoms with Crippen LogP contribution in [0.1, 0.15) is 45.2 Å². The topological polar surface area (TPSA) is 58.6 Å². The van der Waals surface area contributed by atoms with Crippen LogP contribution in [-0.2, 0) is 16.1 Å². The van der Waals surface area contributed by atoms with Gasteiger partial charge in [0, 0.05) is 29.2 Å². The second-order valence-electron chi connectivity index (χ2n) is 8.70. The van der Waals surface area contributed by atoms with E-state index >= 15 is 0 Å². The van der Waals surface area contributed by atoms with Crippen LogP contribution >= 0.6 is 11.8 Å². The normalized spacial score (nSPS) is 12.2. The molecule has 0 aliphatic heterocycles. The van der Waals surface area contributed by atoms with Crippen LogP contribution in [0, 0.1) is 6.92 Å². The lowest BCUT2D eigenvalue weighted by Gasteiger charge is -2.31. The van der Waals surface area contributed by atoms with E-state index in [0.29, 0.717) is 18.7 Å². The highest BCUT2D eigenvalue weighted by molar-refractivity contribution is 7.99. The first-order valence-corrected chi connectivity index (χ1v) is 11.5. The van der Waals surface area contributed by atoms with Crippen LogP contribution in [0.2, 0.25) is 0 Å². The maximum atomic E-state index is 13.1. The van der Waals surface area contributed by atoms with Crippen molar-refractivity contribution in [1.82, 2.24) is 10.2 Å². The predicted molar refractivity (Wildman–Crippen MR) is 127 cm³/mol. The molecule has 2 rings (SSSR count). The van der Waals surface area contributed by atoms with Gasteiger partial charge in [-0.3, -0.25) is 9.59 Å². The summed E-state index contributed by atoms with van der Waals surface area (Å²) >= 11 is 1.65. The Labute approximate surface area is 190 Å². The van der Waals surface area contributed by atoms with E-state index in [4.69, 9.17) is 4.74 Å². The number of thioether (sulfide) groups is 1. The maximum Gasteiger partial charge on any atom is 0.242 e. The SMILES string of the molecule is COc1ccc(CN(C(=O)CCSc2ccc(C)cc2)[C@H](C)C(=O)NC(C)(C)C)cc1. The quantitative estimate of drug-likeness (QED) is 0.566. The molecule has 0 aliphatic carbocycles. The zero-order valence-corrected chi connectivity index (χ0v) is 20.2. The molecule has 0 heterocycles. The van der Waals surface area contributed by atoms with Crippen molar-refractivity contribution >= 4 is 23.6 Å². The number of nitrogens with one attached hydrogen (secondary N) is 1. The summed E-state index contributed by atoms with van der Waals surface area (Å²) in [7, 11) is 1.62. The molecule has 0 aliphatic rings. The van der Waals surface area contributed by atoms with Gasteiger partial charge < -0.3 is 15.0 Å². The van der Waals surface area contributed by atoms with Crippen molar-refractivity contribution < 1.29 is 14.3 Å². The Balaban J connectivity index is 2.09. The number of hydrogen-bond acceptors (Lipinski definition) is 4. The van der Waals surface area contributed by atoms with Crippen LogP contribution in [-0.4, -0.2) is 41.2 Å². The van der Waals surface area contributed by atoms with Gasteiger partial charge in [0.05, 0.1) is 7.11 Å². The van der Waals surface area contributed by atoms with Gasteiger partial charge in [-0.1, -0.05) is 29.8 Å². The standard InChI is InChI=1S/C25H34N2O3S/c1-18-7-13-22(14-8-18)31-16-15-23(28)27(19(2)24(29)26-25(3,4)5)17-20-9-11-21(30-6)12-10-20/h7-14,19H,15-17H2,1-6H3,(H,26,29)/t19-/m1/s1. The number of ether oxygens (including phenoxy) is 1. The van der Waals surface area contributed by atoms with Gasteiger partial charge in [-0.2, -0.15) is 0 Å². The van der Waals surface area contributed by atoms with Gasteiger partial charge in [-0.25, -0.2) is 0 Å². The van der Waals surface area contributed by atoms with Crippen molar-refractivity contribution in [3.8, 4) is 5.75 Å². The van der Waals surface area contributed by atoms with Gasteiger partial charge in [0.1, 0.15) is 11.8 Å². The number of amides is 2. The van der Waals surface area contributed by atoms with Crippen LogP contribution < -0.4 is 10.1 Å². The van der Waals surface area contributed by atoms with E-state index in [1.54, 1.807) is 30.7 Å². The third kappa shape index (κ3) is 8.29. The third-order valence-electron chi connectivity index (χ3n) is 4.78. The average molecular weight is 443 g/mol. The molecule has 0 saturated carbocycles. The van der Waals surface area contributed by atoms with Gasteiger partial charge in [-0.15, -0.1) is 11.8 Å². The molecule has 6 heteroatoms. The summed E-state index contributed by atoms with van der Waals surface area (Å²) in [5.41, 5.74) is 1.81. The van der Waals surface area contributed by atoms with Gasteiger partial charge >= 0.3 is 0 Å². The second-order valence-corrected chi connectivity index (χ2v) is 9.86. The molecule has 1 N–H and O–H groups in total. The zero-order chi connectivity index (χ0) is 23.0. The highest BCUT2D eigenvalue weighted by Crippen LogP contribution is 2.21. The molecule has 2 aromatic carbocycles. The third-order valence-corrected chi connectivity index (χ3v) is 5.80. The second kappa shape index (κ2) is 11.2. The minimum Gasteiger partial charge on any atom is -0.497 e. The Bertz CT molecular complexity index is 858. The van der Waals surface area contributed by atoms with Crippen LogP contribution in [0.3, 0.4) is 0 Å². The minimum absolute atomic E-state index is 0.0352. The van der Waals surface area contributed by atoms with E-state index < -0.39 is 6.04 Å². The van der Waals surface area contributed by atoms with Crippen molar-refractivity contribution in [3.63, 3.8) is 0 Å². The molecule has 5 nitrogen and oxygen atoms in total. The average Bonchev–Trinajstić information content (AvgIpc) is 2.72. The fraction of sp³-hybridized carbons (Fsp3) is 0.440. The van der Waals surface area contributed by atoms with Crippen molar-refractivity contribution in [2.75, 3.05) is 12.9 Å². The molecule has 31 heavy (non-hydrogen) atoms. The molecule has 0 unspecified atom stereocenters. The van der Waals surface area contributed by atoms with Crippen LogP contribution in [0.4, 0.5) is 0 Å². The molecule has 0 bridgehead atoms. The molecule has 2 amide bonds. The fourth-order valence-corrected chi connectivity index (χ4v) is 3.86. The van der Waals surface area contributed by atoms with Gasteiger partial charge in [0.2, 0.25) is 11.8 Å². The maximum absolute atomic E-state index is 13.1. The Hall–Kier alpha value is -2.47. The minimum atomic E-state index is -0.571. The molecular weight excluding hydrogens is 408 g/mol. The molecule has 0 aromatic heterocycles. The Morgan fingerprint density at radius 3 is 2.23 bits per heavy atom. The van der Waals surface area contributed by atoms with Crippen LogP contribution in [0.5, 0.6) is 5.75 Å². The monoisotopic (exact) mass is 442 g/mol. The number of benzene rings is 2. The Morgan fingerprint density at radius 1 is 1.06 bits per heavy atom. The molecular formula is C25H34N2O3S. The van der Waals surface area contributed by atoms with E-state index in [-0.39, 0.29) is 17.4 Å². The summed E-state index contributed by atoms with van der Waals surface area (Å²) in [6.45, 7) is 10.0. The smallest absolute Gasteiger partial charge is 0.242 e. The van der Waals surface area contributed by atoms with Gasteiger partial charge in [-0.05, 0) is 64.4 Å². The van der Waals surface area contributed by atoms with E-state index in [1.807, 2.05) is 45.0 Å². The summed E-state index contributed by atoms with van der Waals surface area (Å²) < 4.78 is 5.22. The lowest BCUT2D eigenvalue weighted by atomic mass is 10.1. The number of aryl methyl sites for hydroxylation is 1. The summed E-state index contributed by atoms with van der Waals surface area (Å²) in [6.07, 6.45) is 0.363. The van der Waals surface area contributed by atoms with Crippen LogP contribution in [0.15, 0.2) is 53.4 Å². The zero-order valence-electron chi connectivity index (χ0n) is 19.4. The summed E-state index contributed by atoms with van der Waals surface area (Å²) in [5, 5.41) is 2.99.